The van der Waals surface area contributed by atoms with E-state index in [2.05, 4.69) is 49.4 Å². The number of ether oxygens (including phenoxy) is 2. The van der Waals surface area contributed by atoms with Crippen molar-refractivity contribution in [2.24, 2.45) is 0 Å². The van der Waals surface area contributed by atoms with Crippen molar-refractivity contribution in [3.63, 3.8) is 0 Å². The second kappa shape index (κ2) is 9.78. The molecule has 3 aromatic carbocycles. The molecule has 9 heteroatoms. The molecule has 6 rings (SSSR count). The lowest BCUT2D eigenvalue weighted by Gasteiger charge is -2.33. The summed E-state index contributed by atoms with van der Waals surface area (Å²) in [6.07, 6.45) is 3.27. The summed E-state index contributed by atoms with van der Waals surface area (Å²) in [5, 5.41) is 5.22. The highest BCUT2D eigenvalue weighted by atomic mass is 35.5. The maximum Gasteiger partial charge on any atom is 0.162 e. The number of rotatable bonds is 6. The minimum Gasteiger partial charge on any atom is -0.493 e. The van der Waals surface area contributed by atoms with E-state index in [4.69, 9.17) is 21.1 Å². The molecule has 3 heterocycles. The van der Waals surface area contributed by atoms with Crippen LogP contribution in [0.2, 0.25) is 5.02 Å². The molecule has 188 valence electrons. The number of aromatic amines is 1. The predicted octanol–water partition coefficient (Wildman–Crippen LogP) is 6.70. The Morgan fingerprint density at radius 2 is 1.86 bits per heavy atom. The quantitative estimate of drug-likeness (QED) is 0.261. The molecular weight excluding hydrogens is 493 g/mol. The summed E-state index contributed by atoms with van der Waals surface area (Å²) >= 11 is 5.95. The zero-order valence-corrected chi connectivity index (χ0v) is 20.9. The number of para-hydroxylation sites is 1. The number of methoxy groups -OCH3 is 1. The van der Waals surface area contributed by atoms with Crippen LogP contribution in [0.25, 0.3) is 21.8 Å². The fourth-order valence-electron chi connectivity index (χ4n) is 4.75. The zero-order chi connectivity index (χ0) is 25.4. The van der Waals surface area contributed by atoms with Crippen molar-refractivity contribution in [1.82, 2.24) is 15.0 Å². The van der Waals surface area contributed by atoms with Crippen LogP contribution in [0.3, 0.4) is 0 Å². The standard InChI is InChI=1S/C28H25ClFN5O2/c1-36-25-15-24-20(28(32-16-31-24)33-18-6-7-22(30)21(29)13-18)14-26(25)37-19-8-10-35(11-9-19)27-12-17-4-2-3-5-23(17)34-27/h2-7,12-16,19,34H,8-11H2,1H3,(H,31,32,33). The van der Waals surface area contributed by atoms with Gasteiger partial charge in [0.05, 0.1) is 17.6 Å². The first-order valence-corrected chi connectivity index (χ1v) is 12.5. The van der Waals surface area contributed by atoms with Crippen molar-refractivity contribution in [3.8, 4) is 11.5 Å². The second-order valence-electron chi connectivity index (χ2n) is 9.04. The number of benzene rings is 3. The van der Waals surface area contributed by atoms with Gasteiger partial charge in [0.2, 0.25) is 0 Å². The van der Waals surface area contributed by atoms with Crippen LogP contribution in [-0.4, -0.2) is 41.3 Å². The van der Waals surface area contributed by atoms with Crippen molar-refractivity contribution in [3.05, 3.63) is 77.8 Å². The van der Waals surface area contributed by atoms with Crippen LogP contribution in [0.5, 0.6) is 11.5 Å². The molecular formula is C28H25ClFN5O2. The van der Waals surface area contributed by atoms with Gasteiger partial charge in [-0.1, -0.05) is 29.8 Å². The summed E-state index contributed by atoms with van der Waals surface area (Å²) < 4.78 is 25.7. The van der Waals surface area contributed by atoms with Gasteiger partial charge in [-0.2, -0.15) is 0 Å². The summed E-state index contributed by atoms with van der Waals surface area (Å²) in [4.78, 5) is 14.7. The first-order chi connectivity index (χ1) is 18.1. The van der Waals surface area contributed by atoms with Gasteiger partial charge in [0.1, 0.15) is 29.9 Å². The van der Waals surface area contributed by atoms with E-state index in [1.165, 1.54) is 23.8 Å². The first kappa shape index (κ1) is 23.4. The van der Waals surface area contributed by atoms with E-state index >= 15 is 0 Å². The third kappa shape index (κ3) is 4.72. The molecule has 0 atom stereocenters. The Morgan fingerprint density at radius 1 is 1.03 bits per heavy atom. The number of nitrogens with one attached hydrogen (secondary N) is 2. The molecule has 0 saturated carbocycles. The molecule has 5 aromatic rings. The largest absolute Gasteiger partial charge is 0.493 e. The van der Waals surface area contributed by atoms with E-state index < -0.39 is 5.82 Å². The lowest BCUT2D eigenvalue weighted by atomic mass is 10.1. The summed E-state index contributed by atoms with van der Waals surface area (Å²) in [7, 11) is 1.62. The Kier molecular flexibility index (Phi) is 6.18. The van der Waals surface area contributed by atoms with Crippen LogP contribution in [0.15, 0.2) is 67.0 Å². The number of aromatic nitrogens is 3. The monoisotopic (exact) mass is 517 g/mol. The van der Waals surface area contributed by atoms with E-state index in [9.17, 15) is 4.39 Å². The van der Waals surface area contributed by atoms with Crippen LogP contribution < -0.4 is 19.7 Å². The number of piperidine rings is 1. The van der Waals surface area contributed by atoms with Gasteiger partial charge in [-0.3, -0.25) is 0 Å². The van der Waals surface area contributed by atoms with Gasteiger partial charge in [0.15, 0.2) is 11.5 Å². The molecule has 0 radical (unpaired) electrons. The number of halogens is 2. The number of H-pyrrole nitrogens is 1. The average Bonchev–Trinajstić information content (AvgIpc) is 3.36. The first-order valence-electron chi connectivity index (χ1n) is 12.1. The highest BCUT2D eigenvalue weighted by Crippen LogP contribution is 2.37. The number of hydrogen-bond donors (Lipinski definition) is 2. The van der Waals surface area contributed by atoms with Gasteiger partial charge in [-0.05, 0) is 36.4 Å². The molecule has 1 aliphatic rings. The molecule has 1 saturated heterocycles. The molecule has 0 amide bonds. The Morgan fingerprint density at radius 3 is 2.65 bits per heavy atom. The van der Waals surface area contributed by atoms with Crippen LogP contribution in [-0.2, 0) is 0 Å². The third-order valence-electron chi connectivity index (χ3n) is 6.70. The van der Waals surface area contributed by atoms with Gasteiger partial charge in [0.25, 0.3) is 0 Å². The van der Waals surface area contributed by atoms with Crippen molar-refractivity contribution >= 4 is 50.7 Å². The van der Waals surface area contributed by atoms with Crippen LogP contribution in [0.1, 0.15) is 12.8 Å². The van der Waals surface area contributed by atoms with Crippen molar-refractivity contribution in [1.29, 1.82) is 0 Å². The Bertz CT molecular complexity index is 1550. The fraction of sp³-hybridized carbons (Fsp3) is 0.214. The summed E-state index contributed by atoms with van der Waals surface area (Å²) in [6, 6.07) is 18.7. The minimum absolute atomic E-state index is 0.0350. The molecule has 1 fully saturated rings. The lowest BCUT2D eigenvalue weighted by Crippen LogP contribution is -2.38. The molecule has 2 aromatic heterocycles. The second-order valence-corrected chi connectivity index (χ2v) is 9.45. The molecule has 37 heavy (non-hydrogen) atoms. The van der Waals surface area contributed by atoms with Gasteiger partial charge in [0, 0.05) is 54.0 Å². The van der Waals surface area contributed by atoms with Gasteiger partial charge in [-0.25, -0.2) is 14.4 Å². The highest BCUT2D eigenvalue weighted by Gasteiger charge is 2.23. The van der Waals surface area contributed by atoms with E-state index in [0.717, 1.165) is 42.7 Å². The van der Waals surface area contributed by atoms with Crippen LogP contribution in [0, 0.1) is 5.82 Å². The average molecular weight is 518 g/mol. The molecule has 1 aliphatic heterocycles. The maximum absolute atomic E-state index is 13.6. The SMILES string of the molecule is COc1cc2ncnc(Nc3ccc(F)c(Cl)c3)c2cc1OC1CCN(c2cc3ccccc3[nH]2)CC1. The predicted molar refractivity (Wildman–Crippen MR) is 145 cm³/mol. The van der Waals surface area contributed by atoms with Gasteiger partial charge < -0.3 is 24.7 Å². The zero-order valence-electron chi connectivity index (χ0n) is 20.2. The molecule has 7 nitrogen and oxygen atoms in total. The Balaban J connectivity index is 1.21. The van der Waals surface area contributed by atoms with Crippen LogP contribution in [0.4, 0.5) is 21.7 Å². The third-order valence-corrected chi connectivity index (χ3v) is 6.98. The van der Waals surface area contributed by atoms with E-state index in [1.807, 2.05) is 18.2 Å². The number of fused-ring (bicyclic) bond motifs is 2. The topological polar surface area (TPSA) is 75.3 Å². The molecule has 2 N–H and O–H groups in total. The Hall–Kier alpha value is -4.04. The maximum atomic E-state index is 13.6. The summed E-state index contributed by atoms with van der Waals surface area (Å²) in [5.41, 5.74) is 2.46. The number of anilines is 3. The van der Waals surface area contributed by atoms with E-state index in [0.29, 0.717) is 28.5 Å². The number of nitrogens with zero attached hydrogens (tertiary/aromatic N) is 3. The van der Waals surface area contributed by atoms with E-state index in [1.54, 1.807) is 13.2 Å². The molecule has 0 unspecified atom stereocenters. The minimum atomic E-state index is -0.476. The molecule has 0 bridgehead atoms. The molecule has 0 spiro atoms. The van der Waals surface area contributed by atoms with Gasteiger partial charge >= 0.3 is 0 Å². The van der Waals surface area contributed by atoms with Crippen molar-refractivity contribution in [2.75, 3.05) is 30.4 Å². The summed E-state index contributed by atoms with van der Waals surface area (Å²) in [5.74, 6) is 2.47. The summed E-state index contributed by atoms with van der Waals surface area (Å²) in [6.45, 7) is 1.77. The fourth-order valence-corrected chi connectivity index (χ4v) is 4.93. The van der Waals surface area contributed by atoms with Gasteiger partial charge in [-0.15, -0.1) is 0 Å². The lowest BCUT2D eigenvalue weighted by molar-refractivity contribution is 0.164. The smallest absolute Gasteiger partial charge is 0.162 e. The normalized spacial score (nSPS) is 14.3. The van der Waals surface area contributed by atoms with Crippen molar-refractivity contribution in [2.45, 2.75) is 18.9 Å². The highest BCUT2D eigenvalue weighted by molar-refractivity contribution is 6.31. The van der Waals surface area contributed by atoms with E-state index in [-0.39, 0.29) is 11.1 Å². The Labute approximate surface area is 218 Å². The van der Waals surface area contributed by atoms with Crippen molar-refractivity contribution < 1.29 is 13.9 Å². The van der Waals surface area contributed by atoms with Crippen LogP contribution >= 0.6 is 11.6 Å². The number of hydrogen-bond acceptors (Lipinski definition) is 6. The molecule has 0 aliphatic carbocycles.